The van der Waals surface area contributed by atoms with Gasteiger partial charge in [0.25, 0.3) is 0 Å². The van der Waals surface area contributed by atoms with Gasteiger partial charge in [0.05, 0.1) is 277 Å². The summed E-state index contributed by atoms with van der Waals surface area (Å²) in [4.78, 5) is 0. The van der Waals surface area contributed by atoms with Crippen molar-refractivity contribution < 1.29 is 127 Å². The van der Waals surface area contributed by atoms with E-state index < -0.39 is 22.0 Å². The van der Waals surface area contributed by atoms with E-state index in [4.69, 9.17) is 127 Å². The molecule has 1 fully saturated rings. The van der Waals surface area contributed by atoms with Gasteiger partial charge in [0.2, 0.25) is 0 Å². The smallest absolute Gasteiger partial charge is 0.400 e. The molecule has 0 spiro atoms. The Hall–Kier alpha value is -0.885. The molecule has 0 aromatic rings. The summed E-state index contributed by atoms with van der Waals surface area (Å²) in [7, 11) is 1.42. The Bertz CT molecular complexity index is 938. The lowest BCUT2D eigenvalue weighted by Gasteiger charge is -2.28. The number of hydrogen-bond donors (Lipinski definition) is 0. The van der Waals surface area contributed by atoms with Crippen molar-refractivity contribution in [1.29, 1.82) is 0 Å². The minimum Gasteiger partial charge on any atom is -0.400 e. The molecule has 1 saturated heterocycles. The summed E-state index contributed by atoms with van der Waals surface area (Å²) >= 11 is 0. The number of rotatable bonds is 66. The third-order valence-electron chi connectivity index (χ3n) is 8.99. The van der Waals surface area contributed by atoms with Gasteiger partial charge in [-0.2, -0.15) is 0 Å². The van der Waals surface area contributed by atoms with Gasteiger partial charge in [-0.1, -0.05) is 0 Å². The molecule has 0 bridgehead atoms. The molecule has 444 valence electrons. The molecule has 1 heterocycles. The molecule has 75 heavy (non-hydrogen) atoms. The van der Waals surface area contributed by atoms with Gasteiger partial charge in [-0.3, -0.25) is 0 Å². The predicted octanol–water partition coefficient (Wildman–Crippen LogP) is -0.708. The van der Waals surface area contributed by atoms with Crippen LogP contribution in [0.1, 0.15) is 0 Å². The molecule has 1 aliphatic heterocycles. The highest BCUT2D eigenvalue weighted by molar-refractivity contribution is 6.66. The van der Waals surface area contributed by atoms with Crippen LogP contribution in [-0.2, 0) is 127 Å². The fourth-order valence-electron chi connectivity index (χ4n) is 5.25. The van der Waals surface area contributed by atoms with Crippen molar-refractivity contribution in [3.8, 4) is 0 Å². The molecule has 27 nitrogen and oxygen atoms in total. The molecule has 0 amide bonds. The summed E-state index contributed by atoms with van der Waals surface area (Å²) in [5.41, 5.74) is 0. The second-order valence-electron chi connectivity index (χ2n) is 14.9. The van der Waals surface area contributed by atoms with E-state index in [2.05, 4.69) is 0 Å². The van der Waals surface area contributed by atoms with Crippen LogP contribution >= 0.6 is 0 Å². The van der Waals surface area contributed by atoms with Crippen LogP contribution in [0.25, 0.3) is 0 Å². The van der Waals surface area contributed by atoms with Crippen molar-refractivity contribution in [2.45, 2.75) is 0 Å². The molecular formula is C45H93B3O27. The second-order valence-corrected chi connectivity index (χ2v) is 14.9. The normalized spacial score (nSPS) is 13.1. The highest BCUT2D eigenvalue weighted by Crippen LogP contribution is 2.11. The van der Waals surface area contributed by atoms with Crippen LogP contribution in [0.4, 0.5) is 0 Å². The molecule has 30 heteroatoms. The Morgan fingerprint density at radius 3 is 0.387 bits per heavy atom. The van der Waals surface area contributed by atoms with E-state index in [-0.39, 0.29) is 39.6 Å². The van der Waals surface area contributed by atoms with Gasteiger partial charge in [-0.05, 0) is 0 Å². The topological polar surface area (TPSA) is 249 Å². The standard InChI is InChI=1S/C45H93B3O27/c1-49-4-7-52-10-13-55-16-19-58-22-25-61-28-31-64-34-37-67-40-43-70-46-73-47(71-44-41-68-38-35-65-32-29-62-26-23-59-20-17-56-14-11-53-8-5-50-2)75-48(74-46)72-45-42-69-39-36-66-33-30-63-27-24-60-21-18-57-15-12-54-9-6-51-3/h4-45H2,1-3H3. The quantitative estimate of drug-likeness (QED) is 0.0539. The van der Waals surface area contributed by atoms with Crippen molar-refractivity contribution in [3.63, 3.8) is 0 Å². The summed E-state index contributed by atoms with van der Waals surface area (Å²) in [5.74, 6) is 0. The zero-order valence-electron chi connectivity index (χ0n) is 45.5. The zero-order chi connectivity index (χ0) is 53.5. The molecule has 0 aromatic heterocycles. The van der Waals surface area contributed by atoms with Crippen LogP contribution in [0.15, 0.2) is 0 Å². The summed E-state index contributed by atoms with van der Waals surface area (Å²) in [6.07, 6.45) is 0. The Balaban J connectivity index is 2.16. The molecule has 0 unspecified atom stereocenters. The lowest BCUT2D eigenvalue weighted by molar-refractivity contribution is -0.0227. The molecule has 0 radical (unpaired) electrons. The molecular weight excluding hydrogens is 1000 g/mol. The number of methoxy groups -OCH3 is 3. The van der Waals surface area contributed by atoms with Gasteiger partial charge in [-0.15, -0.1) is 0 Å². The van der Waals surface area contributed by atoms with Crippen molar-refractivity contribution in [2.24, 2.45) is 0 Å². The maximum Gasteiger partial charge on any atom is 0.615 e. The molecule has 0 aromatic carbocycles. The molecule has 0 saturated carbocycles. The molecule has 0 aliphatic carbocycles. The monoisotopic (exact) mass is 1100 g/mol. The third-order valence-corrected chi connectivity index (χ3v) is 8.99. The minimum atomic E-state index is -1.16. The molecule has 0 atom stereocenters. The van der Waals surface area contributed by atoms with E-state index in [0.29, 0.717) is 238 Å². The zero-order valence-corrected chi connectivity index (χ0v) is 45.5. The lowest BCUT2D eigenvalue weighted by Crippen LogP contribution is -2.53. The van der Waals surface area contributed by atoms with Crippen molar-refractivity contribution in [3.05, 3.63) is 0 Å². The van der Waals surface area contributed by atoms with Gasteiger partial charge >= 0.3 is 22.0 Å². The van der Waals surface area contributed by atoms with E-state index in [1.165, 1.54) is 0 Å². The summed E-state index contributed by atoms with van der Waals surface area (Å²) in [6.45, 7) is 18.2. The average molecular weight is 1100 g/mol. The molecule has 1 aliphatic rings. The van der Waals surface area contributed by atoms with E-state index in [9.17, 15) is 0 Å². The first-order chi connectivity index (χ1) is 37.3. The number of ether oxygens (including phenoxy) is 21. The Morgan fingerprint density at radius 1 is 0.160 bits per heavy atom. The van der Waals surface area contributed by atoms with Crippen molar-refractivity contribution in [1.82, 2.24) is 0 Å². The summed E-state index contributed by atoms with van der Waals surface area (Å²) in [5, 5.41) is 0. The van der Waals surface area contributed by atoms with Gasteiger partial charge in [0, 0.05) is 21.3 Å². The van der Waals surface area contributed by atoms with Crippen LogP contribution in [-0.4, -0.2) is 321 Å². The van der Waals surface area contributed by atoms with Crippen LogP contribution in [0.5, 0.6) is 0 Å². The highest BCUT2D eigenvalue weighted by atomic mass is 16.9. The maximum atomic E-state index is 5.73. The predicted molar refractivity (Wildman–Crippen MR) is 269 cm³/mol. The first kappa shape index (κ1) is 72.1. The minimum absolute atomic E-state index is 0.148. The van der Waals surface area contributed by atoms with Crippen molar-refractivity contribution in [2.75, 3.05) is 299 Å². The third kappa shape index (κ3) is 57.6. The van der Waals surface area contributed by atoms with Gasteiger partial charge in [0.1, 0.15) is 0 Å². The average Bonchev–Trinajstić information content (AvgIpc) is 3.42. The van der Waals surface area contributed by atoms with E-state index in [1.807, 2.05) is 0 Å². The van der Waals surface area contributed by atoms with E-state index in [0.717, 1.165) is 0 Å². The largest absolute Gasteiger partial charge is 0.615 e. The van der Waals surface area contributed by atoms with Crippen LogP contribution < -0.4 is 0 Å². The fraction of sp³-hybridized carbons (Fsp3) is 1.00. The van der Waals surface area contributed by atoms with Gasteiger partial charge in [-0.25, -0.2) is 0 Å². The van der Waals surface area contributed by atoms with E-state index in [1.54, 1.807) is 21.3 Å². The Labute approximate surface area is 447 Å². The lowest BCUT2D eigenvalue weighted by atomic mass is 9.96. The van der Waals surface area contributed by atoms with Crippen molar-refractivity contribution >= 4 is 22.0 Å². The fourth-order valence-corrected chi connectivity index (χ4v) is 5.25. The molecule has 1 rings (SSSR count). The Morgan fingerprint density at radius 2 is 0.267 bits per heavy atom. The van der Waals surface area contributed by atoms with Crippen LogP contribution in [0, 0.1) is 0 Å². The first-order valence-corrected chi connectivity index (χ1v) is 26.0. The maximum absolute atomic E-state index is 5.73. The van der Waals surface area contributed by atoms with Gasteiger partial charge < -0.3 is 127 Å². The Kier molecular flexibility index (Phi) is 61.5. The van der Waals surface area contributed by atoms with Crippen LogP contribution in [0.3, 0.4) is 0 Å². The highest BCUT2D eigenvalue weighted by Gasteiger charge is 2.46. The second kappa shape index (κ2) is 63.9. The summed E-state index contributed by atoms with van der Waals surface area (Å²) < 4.78 is 148. The molecule has 0 N–H and O–H groups in total. The SMILES string of the molecule is COCCOCCOCCOCCOCCOCCOCCOB1OB(OCCOCCOCCOCCOCCOCCOCCOC)OB(OCCOCCOCCOCCOCCOCCOCCOC)O1. The first-order valence-electron chi connectivity index (χ1n) is 26.0. The number of hydrogen-bond acceptors (Lipinski definition) is 27. The van der Waals surface area contributed by atoms with Crippen LogP contribution in [0.2, 0.25) is 0 Å². The van der Waals surface area contributed by atoms with E-state index >= 15 is 0 Å². The van der Waals surface area contributed by atoms with Gasteiger partial charge in [0.15, 0.2) is 0 Å². The summed E-state index contributed by atoms with van der Waals surface area (Å²) in [6, 6.07) is 0.